The number of carboxylic acids is 1. The Balaban J connectivity index is 1.33. The summed E-state index contributed by atoms with van der Waals surface area (Å²) in [6.45, 7) is 4.89. The number of hydrogen-bond donors (Lipinski definition) is 1. The molecular formula is C41H44N2O8. The molecule has 0 spiro atoms. The third-order valence-electron chi connectivity index (χ3n) is 9.04. The van der Waals surface area contributed by atoms with Crippen molar-refractivity contribution < 1.29 is 38.5 Å². The fraction of sp³-hybridized carbons (Fsp3) is 0.317. The molecule has 2 amide bonds. The van der Waals surface area contributed by atoms with Crippen LogP contribution in [-0.4, -0.2) is 58.9 Å². The Kier molecular flexibility index (Phi) is 12.5. The minimum Gasteiger partial charge on any atom is -0.481 e. The smallest absolute Gasteiger partial charge is 0.310 e. The number of ether oxygens (including phenoxy) is 3. The lowest BCUT2D eigenvalue weighted by Crippen LogP contribution is -2.64. The van der Waals surface area contributed by atoms with E-state index >= 15 is 0 Å². The first kappa shape index (κ1) is 36.6. The Hall–Kier alpha value is -5.64. The van der Waals surface area contributed by atoms with E-state index in [1.165, 1.54) is 7.11 Å². The molecule has 1 aliphatic carbocycles. The molecule has 1 aliphatic rings. The van der Waals surface area contributed by atoms with Crippen molar-refractivity contribution >= 4 is 23.8 Å². The van der Waals surface area contributed by atoms with Crippen molar-refractivity contribution in [1.82, 2.24) is 9.80 Å². The number of carbonyl (C=O) groups excluding carboxylic acids is 3. The van der Waals surface area contributed by atoms with Crippen LogP contribution in [0.15, 0.2) is 109 Å². The molecule has 10 heteroatoms. The lowest BCUT2D eigenvalue weighted by atomic mass is 9.55. The number of esters is 1. The van der Waals surface area contributed by atoms with Crippen LogP contribution in [-0.2, 0) is 37.0 Å². The molecule has 4 aromatic rings. The minimum atomic E-state index is -1.39. The number of methoxy groups -OCH3 is 1. The van der Waals surface area contributed by atoms with Gasteiger partial charge in [0.1, 0.15) is 23.0 Å². The second-order valence-electron chi connectivity index (χ2n) is 12.6. The molecule has 0 saturated heterocycles. The van der Waals surface area contributed by atoms with Crippen molar-refractivity contribution in [3.63, 3.8) is 0 Å². The zero-order valence-corrected chi connectivity index (χ0v) is 29.1. The largest absolute Gasteiger partial charge is 0.481 e. The van der Waals surface area contributed by atoms with Crippen LogP contribution in [0.1, 0.15) is 37.8 Å². The maximum absolute atomic E-state index is 14.2. The van der Waals surface area contributed by atoms with Crippen LogP contribution >= 0.6 is 0 Å². The summed E-state index contributed by atoms with van der Waals surface area (Å²) < 4.78 is 16.9. The van der Waals surface area contributed by atoms with Gasteiger partial charge in [0.05, 0.1) is 30.8 Å². The lowest BCUT2D eigenvalue weighted by Gasteiger charge is -2.48. The van der Waals surface area contributed by atoms with E-state index < -0.39 is 47.4 Å². The second-order valence-corrected chi connectivity index (χ2v) is 12.6. The highest BCUT2D eigenvalue weighted by atomic mass is 16.5. The molecule has 4 aromatic carbocycles. The molecule has 1 fully saturated rings. The molecular weight excluding hydrogens is 648 g/mol. The van der Waals surface area contributed by atoms with Gasteiger partial charge in [-0.15, -0.1) is 0 Å². The van der Waals surface area contributed by atoms with Crippen molar-refractivity contribution in [3.05, 3.63) is 120 Å². The van der Waals surface area contributed by atoms with E-state index in [9.17, 15) is 24.3 Å². The Morgan fingerprint density at radius 1 is 0.549 bits per heavy atom. The van der Waals surface area contributed by atoms with E-state index in [1.807, 2.05) is 98.8 Å². The highest BCUT2D eigenvalue weighted by Gasteiger charge is 2.65. The molecule has 0 aliphatic heterocycles. The third kappa shape index (κ3) is 8.94. The summed E-state index contributed by atoms with van der Waals surface area (Å²) in [5, 5.41) is 10.4. The van der Waals surface area contributed by atoms with Crippen molar-refractivity contribution in [2.24, 2.45) is 23.7 Å². The van der Waals surface area contributed by atoms with E-state index in [0.717, 1.165) is 11.1 Å². The fourth-order valence-electron chi connectivity index (χ4n) is 6.61. The third-order valence-corrected chi connectivity index (χ3v) is 9.04. The molecule has 0 heterocycles. The predicted octanol–water partition coefficient (Wildman–Crippen LogP) is 7.18. The molecule has 5 rings (SSSR count). The summed E-state index contributed by atoms with van der Waals surface area (Å²) >= 11 is 0. The van der Waals surface area contributed by atoms with Gasteiger partial charge in [-0.1, -0.05) is 74.5 Å². The van der Waals surface area contributed by atoms with Gasteiger partial charge in [0, 0.05) is 26.2 Å². The molecule has 266 valence electrons. The van der Waals surface area contributed by atoms with Gasteiger partial charge in [0.25, 0.3) is 0 Å². The Morgan fingerprint density at radius 3 is 1.25 bits per heavy atom. The van der Waals surface area contributed by atoms with Gasteiger partial charge in [0.15, 0.2) is 0 Å². The van der Waals surface area contributed by atoms with Crippen LogP contribution in [0.5, 0.6) is 23.0 Å². The Labute approximate surface area is 298 Å². The van der Waals surface area contributed by atoms with Crippen LogP contribution in [0.3, 0.4) is 0 Å². The molecule has 0 aromatic heterocycles. The lowest BCUT2D eigenvalue weighted by molar-refractivity contribution is -0.189. The van der Waals surface area contributed by atoms with E-state index in [0.29, 0.717) is 48.9 Å². The number of benzene rings is 4. The number of para-hydroxylation sites is 2. The quantitative estimate of drug-likeness (QED) is 0.123. The number of amides is 2. The second kappa shape index (κ2) is 17.3. The Bertz CT molecular complexity index is 1650. The van der Waals surface area contributed by atoms with Gasteiger partial charge in [-0.05, 0) is 72.5 Å². The molecule has 1 saturated carbocycles. The van der Waals surface area contributed by atoms with Gasteiger partial charge in [-0.2, -0.15) is 0 Å². The summed E-state index contributed by atoms with van der Waals surface area (Å²) in [7, 11) is 1.19. The van der Waals surface area contributed by atoms with Crippen LogP contribution < -0.4 is 9.47 Å². The maximum Gasteiger partial charge on any atom is 0.310 e. The van der Waals surface area contributed by atoms with Crippen molar-refractivity contribution in [2.45, 2.75) is 39.8 Å². The number of rotatable bonds is 16. The fourth-order valence-corrected chi connectivity index (χ4v) is 6.61. The number of aliphatic carboxylic acids is 1. The molecule has 2 atom stereocenters. The number of carbonyl (C=O) groups is 4. The normalized spacial score (nSPS) is 17.8. The monoisotopic (exact) mass is 692 g/mol. The van der Waals surface area contributed by atoms with Crippen molar-refractivity contribution in [2.75, 3.05) is 20.2 Å². The zero-order chi connectivity index (χ0) is 36.3. The van der Waals surface area contributed by atoms with Gasteiger partial charge >= 0.3 is 11.9 Å². The van der Waals surface area contributed by atoms with Crippen LogP contribution in [0.25, 0.3) is 0 Å². The molecule has 2 unspecified atom stereocenters. The molecule has 10 nitrogen and oxygen atoms in total. The maximum atomic E-state index is 14.2. The first-order valence-corrected chi connectivity index (χ1v) is 17.3. The van der Waals surface area contributed by atoms with Gasteiger partial charge in [-0.25, -0.2) is 0 Å². The van der Waals surface area contributed by atoms with E-state index in [-0.39, 0.29) is 13.1 Å². The highest BCUT2D eigenvalue weighted by Crippen LogP contribution is 2.49. The van der Waals surface area contributed by atoms with Gasteiger partial charge < -0.3 is 29.1 Å². The molecule has 51 heavy (non-hydrogen) atoms. The summed E-state index contributed by atoms with van der Waals surface area (Å²) in [4.78, 5) is 57.6. The average molecular weight is 693 g/mol. The first-order valence-electron chi connectivity index (χ1n) is 17.3. The highest BCUT2D eigenvalue weighted by molar-refractivity contribution is 6.00. The SMILES string of the molecule is CCCN(Cc1ccc(Oc2ccccc2)cc1)C(=O)C1C(C(=O)O)C(C(=O)N(CCC)Cc2ccc(Oc3ccccc3)cc2)C1C(=O)OC. The van der Waals surface area contributed by atoms with E-state index in [4.69, 9.17) is 14.2 Å². The predicted molar refractivity (Wildman–Crippen MR) is 191 cm³/mol. The van der Waals surface area contributed by atoms with E-state index in [1.54, 1.807) is 34.1 Å². The van der Waals surface area contributed by atoms with Gasteiger partial charge in [0.2, 0.25) is 11.8 Å². The van der Waals surface area contributed by atoms with Crippen molar-refractivity contribution in [1.29, 1.82) is 0 Å². The molecule has 0 bridgehead atoms. The van der Waals surface area contributed by atoms with Crippen molar-refractivity contribution in [3.8, 4) is 23.0 Å². The molecule has 1 N–H and O–H groups in total. The first-order chi connectivity index (χ1) is 24.7. The topological polar surface area (TPSA) is 123 Å². The summed E-state index contributed by atoms with van der Waals surface area (Å²) in [5.74, 6) is -5.57. The number of carboxylic acid groups (broad SMARTS) is 1. The standard InChI is InChI=1S/C41H44N2O8/c1-4-24-42(26-28-16-20-32(21-17-28)50-30-12-8-6-9-13-30)38(44)34-36(40(46)47)35(37(34)41(48)49-3)39(45)43(25-5-2)27-29-18-22-33(23-19-29)51-31-14-10-7-11-15-31/h6-23,34-37H,4-5,24-27H2,1-3H3,(H,46,47). The number of hydrogen-bond acceptors (Lipinski definition) is 7. The average Bonchev–Trinajstić information content (AvgIpc) is 3.13. The number of nitrogens with zero attached hydrogens (tertiary/aromatic N) is 2. The van der Waals surface area contributed by atoms with E-state index in [2.05, 4.69) is 0 Å². The zero-order valence-electron chi connectivity index (χ0n) is 29.1. The Morgan fingerprint density at radius 2 is 0.922 bits per heavy atom. The van der Waals surface area contributed by atoms with Crippen LogP contribution in [0, 0.1) is 23.7 Å². The molecule has 0 radical (unpaired) electrons. The summed E-state index contributed by atoms with van der Waals surface area (Å²) in [5.41, 5.74) is 1.61. The summed E-state index contributed by atoms with van der Waals surface area (Å²) in [6, 6.07) is 33.3. The van der Waals surface area contributed by atoms with Crippen LogP contribution in [0.2, 0.25) is 0 Å². The minimum absolute atomic E-state index is 0.194. The van der Waals surface area contributed by atoms with Crippen LogP contribution in [0.4, 0.5) is 0 Å². The summed E-state index contributed by atoms with van der Waals surface area (Å²) in [6.07, 6.45) is 1.21. The van der Waals surface area contributed by atoms with Gasteiger partial charge in [-0.3, -0.25) is 19.2 Å².